The third kappa shape index (κ3) is 5.99. The fraction of sp³-hybridized carbons (Fsp3) is 0.333. The summed E-state index contributed by atoms with van der Waals surface area (Å²) in [6.45, 7) is 2.85. The number of nitrogens with zero attached hydrogens (tertiary/aromatic N) is 2. The number of aromatic nitrogens is 1. The Balaban J connectivity index is 1.14. The summed E-state index contributed by atoms with van der Waals surface area (Å²) in [5.74, 6) is 2.02. The van der Waals surface area contributed by atoms with Gasteiger partial charge in [0.1, 0.15) is 24.3 Å². The average Bonchev–Trinajstić information content (AvgIpc) is 3.31. The van der Waals surface area contributed by atoms with Gasteiger partial charge in [-0.15, -0.1) is 0 Å². The van der Waals surface area contributed by atoms with E-state index in [2.05, 4.69) is 26.0 Å². The molecule has 0 spiro atoms. The highest BCUT2D eigenvalue weighted by molar-refractivity contribution is 8.12. The van der Waals surface area contributed by atoms with Crippen molar-refractivity contribution in [3.05, 3.63) is 88.6 Å². The van der Waals surface area contributed by atoms with Crippen molar-refractivity contribution in [3.63, 3.8) is 0 Å². The minimum Gasteiger partial charge on any atom is -0.490 e. The van der Waals surface area contributed by atoms with Crippen molar-refractivity contribution < 1.29 is 19.4 Å². The van der Waals surface area contributed by atoms with Crippen molar-refractivity contribution in [3.8, 4) is 17.4 Å². The van der Waals surface area contributed by atoms with Crippen LogP contribution in [-0.4, -0.2) is 52.6 Å². The molecule has 0 saturated carbocycles. The number of hydrogen-bond acceptors (Lipinski definition) is 8. The summed E-state index contributed by atoms with van der Waals surface area (Å²) in [5, 5.41) is 14.6. The summed E-state index contributed by atoms with van der Waals surface area (Å²) < 4.78 is 15.4. The van der Waals surface area contributed by atoms with Crippen LogP contribution in [0.2, 0.25) is 5.02 Å². The molecule has 3 N–H and O–H groups in total. The molecule has 1 amide bonds. The lowest BCUT2D eigenvalue weighted by atomic mass is 9.84. The molecule has 1 aromatic heterocycles. The summed E-state index contributed by atoms with van der Waals surface area (Å²) in [6, 6.07) is 17.3. The van der Waals surface area contributed by atoms with Crippen LogP contribution in [0.25, 0.3) is 5.57 Å². The van der Waals surface area contributed by atoms with E-state index in [0.717, 1.165) is 71.8 Å². The molecule has 0 radical (unpaired) electrons. The fourth-order valence-electron chi connectivity index (χ4n) is 5.43. The molecule has 3 aliphatic rings. The SMILES string of the molecule is O=C1NC(COc2cccc3c2CC(=CCCN2CCC(O)(c4ccc(Cl)cc4)CC2)c2cccnc2O3)NS1. The molecule has 0 bridgehead atoms. The van der Waals surface area contributed by atoms with E-state index in [1.165, 1.54) is 0 Å². The second kappa shape index (κ2) is 11.8. The van der Waals surface area contributed by atoms with E-state index in [1.807, 2.05) is 54.6 Å². The maximum atomic E-state index is 11.5. The highest BCUT2D eigenvalue weighted by Gasteiger charge is 2.33. The van der Waals surface area contributed by atoms with Crippen LogP contribution in [-0.2, 0) is 12.0 Å². The van der Waals surface area contributed by atoms with Gasteiger partial charge in [0, 0.05) is 60.3 Å². The number of nitrogens with one attached hydrogen (secondary N) is 2. The van der Waals surface area contributed by atoms with Gasteiger partial charge < -0.3 is 24.8 Å². The predicted octanol–water partition coefficient (Wildman–Crippen LogP) is 5.51. The van der Waals surface area contributed by atoms with Crippen molar-refractivity contribution >= 4 is 34.4 Å². The lowest BCUT2D eigenvalue weighted by Crippen LogP contribution is -2.42. The number of benzene rings is 2. The smallest absolute Gasteiger partial charge is 0.295 e. The Kier molecular flexibility index (Phi) is 8.00. The number of hydrogen-bond donors (Lipinski definition) is 3. The summed E-state index contributed by atoms with van der Waals surface area (Å²) in [4.78, 5) is 18.4. The zero-order valence-corrected chi connectivity index (χ0v) is 23.5. The van der Waals surface area contributed by atoms with Crippen LogP contribution in [0.15, 0.2) is 66.9 Å². The zero-order chi connectivity index (χ0) is 27.5. The van der Waals surface area contributed by atoms with Crippen LogP contribution in [0.3, 0.4) is 0 Å². The quantitative estimate of drug-likeness (QED) is 0.316. The van der Waals surface area contributed by atoms with Crippen LogP contribution in [0, 0.1) is 0 Å². The van der Waals surface area contributed by atoms with E-state index in [-0.39, 0.29) is 11.4 Å². The molecule has 2 fully saturated rings. The molecule has 3 aromatic rings. The summed E-state index contributed by atoms with van der Waals surface area (Å²) in [6.07, 6.45) is 6.63. The van der Waals surface area contributed by atoms with Crippen molar-refractivity contribution in [2.24, 2.45) is 0 Å². The highest BCUT2D eigenvalue weighted by atomic mass is 35.5. The number of rotatable bonds is 7. The molecule has 2 saturated heterocycles. The van der Waals surface area contributed by atoms with Gasteiger partial charge in [-0.25, -0.2) is 9.71 Å². The Morgan fingerprint density at radius 3 is 2.77 bits per heavy atom. The van der Waals surface area contributed by atoms with Crippen LogP contribution >= 0.6 is 23.5 Å². The first-order valence-corrected chi connectivity index (χ1v) is 14.7. The number of piperidine rings is 1. The molecule has 3 aliphatic heterocycles. The second-order valence-corrected chi connectivity index (χ2v) is 11.5. The molecular weight excluding hydrogens is 548 g/mol. The standard InChI is InChI=1S/C30H31ClN4O4S/c31-22-10-8-21(9-11-22)30(37)12-16-35(17-13-30)15-3-4-20-18-24-25(38-19-27-33-29(36)40-34-27)6-1-7-26(24)39-28-23(20)5-2-14-32-28/h1-2,4-11,14,27,34,37H,3,12-13,15-19H2,(H,33,36). The van der Waals surface area contributed by atoms with E-state index in [4.69, 9.17) is 21.1 Å². The molecule has 8 nitrogen and oxygen atoms in total. The second-order valence-electron chi connectivity index (χ2n) is 10.3. The van der Waals surface area contributed by atoms with Crippen LogP contribution in [0.1, 0.15) is 36.0 Å². The maximum absolute atomic E-state index is 11.5. The number of likely N-dealkylation sites (tertiary alicyclic amines) is 1. The molecule has 6 rings (SSSR count). The van der Waals surface area contributed by atoms with Crippen LogP contribution < -0.4 is 19.5 Å². The van der Waals surface area contributed by atoms with Gasteiger partial charge in [0.2, 0.25) is 5.88 Å². The number of aliphatic hydroxyl groups is 1. The van der Waals surface area contributed by atoms with E-state index < -0.39 is 5.60 Å². The third-order valence-electron chi connectivity index (χ3n) is 7.67. The molecule has 4 heterocycles. The summed E-state index contributed by atoms with van der Waals surface area (Å²) in [5.41, 5.74) is 3.19. The Morgan fingerprint density at radius 1 is 1.18 bits per heavy atom. The lowest BCUT2D eigenvalue weighted by Gasteiger charge is -2.38. The van der Waals surface area contributed by atoms with E-state index >= 15 is 0 Å². The monoisotopic (exact) mass is 578 g/mol. The zero-order valence-electron chi connectivity index (χ0n) is 21.9. The third-order valence-corrected chi connectivity index (χ3v) is 8.63. The van der Waals surface area contributed by atoms with Gasteiger partial charge in [-0.3, -0.25) is 4.79 Å². The molecule has 40 heavy (non-hydrogen) atoms. The Hall–Kier alpha value is -3.08. The van der Waals surface area contributed by atoms with Gasteiger partial charge in [0.05, 0.1) is 5.60 Å². The largest absolute Gasteiger partial charge is 0.490 e. The van der Waals surface area contributed by atoms with E-state index in [0.29, 0.717) is 36.8 Å². The minimum absolute atomic E-state index is 0.112. The van der Waals surface area contributed by atoms with Gasteiger partial charge in [0.15, 0.2) is 0 Å². The predicted molar refractivity (Wildman–Crippen MR) is 157 cm³/mol. The van der Waals surface area contributed by atoms with Crippen molar-refractivity contribution in [1.82, 2.24) is 19.9 Å². The molecular formula is C30H31ClN4O4S. The molecule has 10 heteroatoms. The number of fused-ring (bicyclic) bond motifs is 2. The number of ether oxygens (including phenoxy) is 2. The lowest BCUT2D eigenvalue weighted by molar-refractivity contribution is -0.0254. The summed E-state index contributed by atoms with van der Waals surface area (Å²) in [7, 11) is 0. The fourth-order valence-corrected chi connectivity index (χ4v) is 6.13. The number of carbonyl (C=O) groups excluding carboxylic acids is 1. The normalized spacial score (nSPS) is 21.2. The summed E-state index contributed by atoms with van der Waals surface area (Å²) >= 11 is 7.07. The first kappa shape index (κ1) is 27.1. The number of pyridine rings is 1. The minimum atomic E-state index is -0.807. The van der Waals surface area contributed by atoms with Gasteiger partial charge in [-0.2, -0.15) is 0 Å². The molecule has 2 aromatic carbocycles. The van der Waals surface area contributed by atoms with Gasteiger partial charge in [0.25, 0.3) is 5.24 Å². The topological polar surface area (TPSA) is 96.0 Å². The van der Waals surface area contributed by atoms with Gasteiger partial charge >= 0.3 is 0 Å². The van der Waals surface area contributed by atoms with Crippen LogP contribution in [0.5, 0.6) is 17.4 Å². The molecule has 208 valence electrons. The Labute approximate surface area is 242 Å². The highest BCUT2D eigenvalue weighted by Crippen LogP contribution is 2.42. The maximum Gasteiger partial charge on any atom is 0.295 e. The van der Waals surface area contributed by atoms with Crippen molar-refractivity contribution in [1.29, 1.82) is 0 Å². The van der Waals surface area contributed by atoms with Crippen molar-refractivity contribution in [2.75, 3.05) is 26.2 Å². The average molecular weight is 579 g/mol. The van der Waals surface area contributed by atoms with Gasteiger partial charge in [-0.05, 0) is 66.8 Å². The van der Waals surface area contributed by atoms with Crippen LogP contribution in [0.4, 0.5) is 4.79 Å². The Morgan fingerprint density at radius 2 is 2.00 bits per heavy atom. The number of halogens is 1. The Bertz CT molecular complexity index is 1410. The molecule has 0 aliphatic carbocycles. The van der Waals surface area contributed by atoms with E-state index in [1.54, 1.807) is 6.20 Å². The van der Waals surface area contributed by atoms with E-state index in [9.17, 15) is 9.90 Å². The first-order chi connectivity index (χ1) is 19.5. The van der Waals surface area contributed by atoms with Gasteiger partial charge in [-0.1, -0.05) is 35.9 Å². The molecule has 1 unspecified atom stereocenters. The number of allylic oxidation sites excluding steroid dienone is 1. The molecule has 1 atom stereocenters. The number of amides is 1. The first-order valence-electron chi connectivity index (χ1n) is 13.5. The number of carbonyl (C=O) groups is 1. The van der Waals surface area contributed by atoms with Crippen molar-refractivity contribution in [2.45, 2.75) is 37.5 Å².